The van der Waals surface area contributed by atoms with Crippen LogP contribution in [0.15, 0.2) is 36.7 Å². The molecule has 0 aliphatic heterocycles. The lowest BCUT2D eigenvalue weighted by molar-refractivity contribution is 0.102. The summed E-state index contributed by atoms with van der Waals surface area (Å²) in [6.45, 7) is 2.27. The van der Waals surface area contributed by atoms with E-state index in [0.717, 1.165) is 60.4 Å². The van der Waals surface area contributed by atoms with E-state index >= 15 is 0 Å². The number of hydrogen-bond acceptors (Lipinski definition) is 6. The third-order valence-corrected chi connectivity index (χ3v) is 8.44. The van der Waals surface area contributed by atoms with Crippen LogP contribution >= 0.6 is 11.3 Å². The maximum absolute atomic E-state index is 12.9. The minimum Gasteiger partial charge on any atom is -0.382 e. The number of anilines is 2. The van der Waals surface area contributed by atoms with E-state index in [9.17, 15) is 4.79 Å². The van der Waals surface area contributed by atoms with Crippen molar-refractivity contribution in [3.63, 3.8) is 0 Å². The summed E-state index contributed by atoms with van der Waals surface area (Å²) >= 11 is 1.60. The van der Waals surface area contributed by atoms with Crippen molar-refractivity contribution in [2.24, 2.45) is 5.92 Å². The first-order chi connectivity index (χ1) is 17.1. The Morgan fingerprint density at radius 2 is 1.91 bits per heavy atom. The summed E-state index contributed by atoms with van der Waals surface area (Å²) in [4.78, 5) is 28.3. The molecule has 1 saturated carbocycles. The van der Waals surface area contributed by atoms with E-state index < -0.39 is 0 Å². The number of nitrogen functional groups attached to an aromatic ring is 1. The van der Waals surface area contributed by atoms with Crippen LogP contribution in [-0.4, -0.2) is 25.3 Å². The Labute approximate surface area is 208 Å². The first-order valence-corrected chi connectivity index (χ1v) is 13.4. The van der Waals surface area contributed by atoms with Gasteiger partial charge in [0.25, 0.3) is 5.91 Å². The number of aromatic nitrogens is 4. The average Bonchev–Trinajstić information content (AvgIpc) is 3.46. The van der Waals surface area contributed by atoms with E-state index in [1.54, 1.807) is 17.5 Å². The molecule has 0 radical (unpaired) electrons. The van der Waals surface area contributed by atoms with Crippen LogP contribution in [0.5, 0.6) is 0 Å². The van der Waals surface area contributed by atoms with Crippen LogP contribution in [0, 0.1) is 5.92 Å². The fraction of sp³-hybridized carbons (Fsp3) is 0.407. The Kier molecular flexibility index (Phi) is 5.76. The Hall–Kier alpha value is -3.26. The van der Waals surface area contributed by atoms with Crippen molar-refractivity contribution >= 4 is 33.7 Å². The highest BCUT2D eigenvalue weighted by molar-refractivity contribution is 7.15. The molecular weight excluding hydrogens is 456 g/mol. The molecule has 0 saturated heterocycles. The van der Waals surface area contributed by atoms with E-state index in [0.29, 0.717) is 28.3 Å². The molecule has 7 nitrogen and oxygen atoms in total. The van der Waals surface area contributed by atoms with E-state index in [1.165, 1.54) is 24.1 Å². The molecule has 6 rings (SSSR count). The van der Waals surface area contributed by atoms with Crippen LogP contribution in [0.1, 0.15) is 78.1 Å². The summed E-state index contributed by atoms with van der Waals surface area (Å²) in [6.07, 6.45) is 13.0. The van der Waals surface area contributed by atoms with Crippen molar-refractivity contribution < 1.29 is 4.79 Å². The molecule has 2 aliphatic carbocycles. The molecule has 3 aromatic heterocycles. The lowest BCUT2D eigenvalue weighted by Gasteiger charge is -2.20. The van der Waals surface area contributed by atoms with Gasteiger partial charge in [-0.2, -0.15) is 0 Å². The third-order valence-electron chi connectivity index (χ3n) is 7.41. The van der Waals surface area contributed by atoms with Crippen LogP contribution in [0.3, 0.4) is 0 Å². The van der Waals surface area contributed by atoms with Crippen LogP contribution in [0.4, 0.5) is 10.9 Å². The zero-order chi connectivity index (χ0) is 23.9. The number of fused-ring (bicyclic) bond motifs is 2. The smallest absolute Gasteiger partial charge is 0.257 e. The maximum Gasteiger partial charge on any atom is 0.257 e. The predicted octanol–water partition coefficient (Wildman–Crippen LogP) is 5.86. The number of aryl methyl sites for hydroxylation is 1. The van der Waals surface area contributed by atoms with Gasteiger partial charge >= 0.3 is 0 Å². The van der Waals surface area contributed by atoms with E-state index in [-0.39, 0.29) is 5.91 Å². The van der Waals surface area contributed by atoms with Gasteiger partial charge in [0.1, 0.15) is 22.9 Å². The van der Waals surface area contributed by atoms with Gasteiger partial charge < -0.3 is 5.73 Å². The molecule has 180 valence electrons. The second-order valence-electron chi connectivity index (χ2n) is 9.95. The molecule has 1 unspecified atom stereocenters. The normalized spacial score (nSPS) is 18.5. The highest BCUT2D eigenvalue weighted by Crippen LogP contribution is 2.37. The maximum atomic E-state index is 12.9. The molecule has 3 heterocycles. The zero-order valence-corrected chi connectivity index (χ0v) is 20.8. The van der Waals surface area contributed by atoms with E-state index in [2.05, 4.69) is 26.6 Å². The summed E-state index contributed by atoms with van der Waals surface area (Å²) in [7, 11) is 0. The number of amides is 1. The molecule has 8 heteroatoms. The Morgan fingerprint density at radius 3 is 2.71 bits per heavy atom. The van der Waals surface area contributed by atoms with Gasteiger partial charge in [-0.25, -0.2) is 15.0 Å². The van der Waals surface area contributed by atoms with E-state index in [4.69, 9.17) is 10.7 Å². The topological polar surface area (TPSA) is 98.2 Å². The van der Waals surface area contributed by atoms with Gasteiger partial charge in [0.05, 0.1) is 5.69 Å². The van der Waals surface area contributed by atoms with Crippen molar-refractivity contribution in [2.45, 2.75) is 64.2 Å². The molecule has 0 bridgehead atoms. The number of nitrogens with zero attached hydrogens (tertiary/aromatic N) is 4. The first kappa shape index (κ1) is 22.2. The molecule has 1 atom stereocenters. The van der Waals surface area contributed by atoms with Gasteiger partial charge in [-0.3, -0.25) is 14.5 Å². The molecule has 3 N–H and O–H groups in total. The monoisotopic (exact) mass is 486 g/mol. The van der Waals surface area contributed by atoms with Crippen LogP contribution in [0.2, 0.25) is 0 Å². The standard InChI is InChI=1S/C27H30N6OS/c1-16-7-12-20-21(15-16)35-27(30-20)32-26(34)19-10-8-17(9-11-19)22-23-24(28)29-13-14-33(23)25(31-22)18-5-3-2-4-6-18/h8-11,13-14,16,18H,2-7,12,15H2,1H3,(H2,28,29)(H,30,32,34). The van der Waals surface area contributed by atoms with Gasteiger partial charge in [0.15, 0.2) is 5.13 Å². The molecule has 2 aliphatic rings. The van der Waals surface area contributed by atoms with Gasteiger partial charge in [-0.1, -0.05) is 38.3 Å². The molecule has 0 spiro atoms. The molecule has 4 aromatic rings. The number of carbonyl (C=O) groups is 1. The van der Waals surface area contributed by atoms with Gasteiger partial charge in [0, 0.05) is 34.3 Å². The quantitative estimate of drug-likeness (QED) is 0.376. The lowest BCUT2D eigenvalue weighted by atomic mass is 9.89. The number of rotatable bonds is 4. The summed E-state index contributed by atoms with van der Waals surface area (Å²) in [5, 5.41) is 3.68. The number of benzene rings is 1. The predicted molar refractivity (Wildman–Crippen MR) is 140 cm³/mol. The van der Waals surface area contributed by atoms with Crippen LogP contribution in [-0.2, 0) is 12.8 Å². The summed E-state index contributed by atoms with van der Waals surface area (Å²) < 4.78 is 2.11. The molecule has 1 aromatic carbocycles. The Balaban J connectivity index is 1.27. The lowest BCUT2D eigenvalue weighted by Crippen LogP contribution is -2.12. The summed E-state index contributed by atoms with van der Waals surface area (Å²) in [6, 6.07) is 7.59. The fourth-order valence-corrected chi connectivity index (χ4v) is 6.65. The SMILES string of the molecule is CC1CCc2nc(NC(=O)c3ccc(-c4nc(C5CCCCC5)n5ccnc(N)c45)cc3)sc2C1. The zero-order valence-electron chi connectivity index (χ0n) is 20.0. The molecular formula is C27H30N6OS. The molecule has 1 fully saturated rings. The number of thiazole rings is 1. The number of nitrogens with one attached hydrogen (secondary N) is 1. The molecule has 35 heavy (non-hydrogen) atoms. The minimum atomic E-state index is -0.144. The van der Waals surface area contributed by atoms with E-state index in [1.807, 2.05) is 30.5 Å². The van der Waals surface area contributed by atoms with Gasteiger partial charge in [-0.15, -0.1) is 11.3 Å². The highest BCUT2D eigenvalue weighted by Gasteiger charge is 2.24. The highest BCUT2D eigenvalue weighted by atomic mass is 32.1. The molecule has 1 amide bonds. The van der Waals surface area contributed by atoms with Crippen molar-refractivity contribution in [3.05, 3.63) is 58.6 Å². The number of imidazole rings is 1. The van der Waals surface area contributed by atoms with Crippen molar-refractivity contribution in [2.75, 3.05) is 11.1 Å². The fourth-order valence-electron chi connectivity index (χ4n) is 5.48. The third kappa shape index (κ3) is 4.20. The minimum absolute atomic E-state index is 0.144. The summed E-state index contributed by atoms with van der Waals surface area (Å²) in [5.41, 5.74) is 10.6. The Bertz CT molecular complexity index is 1380. The number of nitrogens with two attached hydrogens (primary N) is 1. The van der Waals surface area contributed by atoms with Crippen LogP contribution < -0.4 is 11.1 Å². The second-order valence-corrected chi connectivity index (χ2v) is 11.0. The first-order valence-electron chi connectivity index (χ1n) is 12.6. The van der Waals surface area contributed by atoms with Crippen molar-refractivity contribution in [1.29, 1.82) is 0 Å². The largest absolute Gasteiger partial charge is 0.382 e. The number of hydrogen-bond donors (Lipinski definition) is 2. The van der Waals surface area contributed by atoms with Gasteiger partial charge in [-0.05, 0) is 50.2 Å². The van der Waals surface area contributed by atoms with Gasteiger partial charge in [0.2, 0.25) is 0 Å². The second kappa shape index (κ2) is 9.07. The average molecular weight is 487 g/mol. The van der Waals surface area contributed by atoms with Crippen molar-refractivity contribution in [1.82, 2.24) is 19.4 Å². The summed E-state index contributed by atoms with van der Waals surface area (Å²) in [5.74, 6) is 2.51. The number of carbonyl (C=O) groups excluding carboxylic acids is 1. The van der Waals surface area contributed by atoms with Crippen molar-refractivity contribution in [3.8, 4) is 11.3 Å². The van der Waals surface area contributed by atoms with Crippen LogP contribution in [0.25, 0.3) is 16.8 Å². The Morgan fingerprint density at radius 1 is 1.11 bits per heavy atom.